The Labute approximate surface area is 189 Å². The van der Waals surface area contributed by atoms with Gasteiger partial charge in [0.25, 0.3) is 0 Å². The normalized spacial score (nSPS) is 11.3. The van der Waals surface area contributed by atoms with E-state index in [1.807, 2.05) is 95.1 Å². The molecule has 6 heteroatoms. The molecular formula is C26H17N5S. The molecule has 152 valence electrons. The first-order chi connectivity index (χ1) is 15.8. The van der Waals surface area contributed by atoms with Crippen molar-refractivity contribution >= 4 is 23.0 Å². The smallest absolute Gasteiger partial charge is 0.134 e. The van der Waals surface area contributed by atoms with Gasteiger partial charge in [-0.3, -0.25) is 4.98 Å². The predicted molar refractivity (Wildman–Crippen MR) is 128 cm³/mol. The highest BCUT2D eigenvalue weighted by Gasteiger charge is 2.14. The minimum absolute atomic E-state index is 0.495. The van der Waals surface area contributed by atoms with E-state index in [-0.39, 0.29) is 0 Å². The number of hydrogen-bond acceptors (Lipinski definition) is 5. The zero-order valence-electron chi connectivity index (χ0n) is 17.0. The van der Waals surface area contributed by atoms with Gasteiger partial charge in [-0.15, -0.1) is 11.3 Å². The quantitative estimate of drug-likeness (QED) is 0.314. The average molecular weight is 432 g/mol. The van der Waals surface area contributed by atoms with E-state index in [4.69, 9.17) is 10.1 Å². The van der Waals surface area contributed by atoms with Crippen LogP contribution in [0.3, 0.4) is 0 Å². The molecule has 0 aliphatic carbocycles. The molecule has 0 bridgehead atoms. The molecule has 0 spiro atoms. The first-order valence-corrected chi connectivity index (χ1v) is 10.9. The summed E-state index contributed by atoms with van der Waals surface area (Å²) in [5, 5.41) is 17.4. The topological polar surface area (TPSA) is 67.4 Å². The summed E-state index contributed by atoms with van der Waals surface area (Å²) in [6.45, 7) is 0. The molecule has 0 radical (unpaired) electrons. The highest BCUT2D eigenvalue weighted by Crippen LogP contribution is 2.30. The van der Waals surface area contributed by atoms with Crippen LogP contribution in [-0.2, 0) is 0 Å². The van der Waals surface area contributed by atoms with Crippen LogP contribution < -0.4 is 0 Å². The summed E-state index contributed by atoms with van der Waals surface area (Å²) in [6, 6.07) is 26.0. The van der Waals surface area contributed by atoms with Gasteiger partial charge in [-0.2, -0.15) is 10.4 Å². The standard InChI is InChI=1S/C26H17N5S/c27-15-21(26-29-24(18-32-26)19-8-3-1-4-9-19)14-22-17-31(23-11-5-2-6-12-23)30-25(22)20-10-7-13-28-16-20/h1-14,16-18H/b21-14+. The van der Waals surface area contributed by atoms with E-state index in [9.17, 15) is 5.26 Å². The molecule has 0 unspecified atom stereocenters. The van der Waals surface area contributed by atoms with Crippen molar-refractivity contribution in [2.75, 3.05) is 0 Å². The average Bonchev–Trinajstić information content (AvgIpc) is 3.52. The molecule has 0 aliphatic heterocycles. The van der Waals surface area contributed by atoms with Gasteiger partial charge in [-0.25, -0.2) is 9.67 Å². The summed E-state index contributed by atoms with van der Waals surface area (Å²) in [4.78, 5) is 8.94. The number of allylic oxidation sites excluding steroid dienone is 1. The molecule has 0 fully saturated rings. The molecule has 3 heterocycles. The summed E-state index contributed by atoms with van der Waals surface area (Å²) < 4.78 is 1.82. The number of nitrogens with zero attached hydrogens (tertiary/aromatic N) is 5. The molecule has 0 atom stereocenters. The third kappa shape index (κ3) is 3.97. The Morgan fingerprint density at radius 3 is 2.41 bits per heavy atom. The maximum Gasteiger partial charge on any atom is 0.134 e. The van der Waals surface area contributed by atoms with Crippen molar-refractivity contribution in [1.29, 1.82) is 5.26 Å². The Morgan fingerprint density at radius 1 is 0.938 bits per heavy atom. The lowest BCUT2D eigenvalue weighted by molar-refractivity contribution is 0.884. The number of hydrogen-bond donors (Lipinski definition) is 0. The molecule has 0 N–H and O–H groups in total. The lowest BCUT2D eigenvalue weighted by Crippen LogP contribution is -1.94. The minimum Gasteiger partial charge on any atom is -0.264 e. The van der Waals surface area contributed by atoms with Gasteiger partial charge in [-0.05, 0) is 30.3 Å². The number of pyridine rings is 1. The maximum absolute atomic E-state index is 9.91. The van der Waals surface area contributed by atoms with Crippen LogP contribution in [0.2, 0.25) is 0 Å². The van der Waals surface area contributed by atoms with Crippen molar-refractivity contribution in [1.82, 2.24) is 19.7 Å². The summed E-state index contributed by atoms with van der Waals surface area (Å²) in [7, 11) is 0. The molecule has 5 rings (SSSR count). The molecule has 2 aromatic carbocycles. The summed E-state index contributed by atoms with van der Waals surface area (Å²) >= 11 is 1.46. The van der Waals surface area contributed by atoms with E-state index < -0.39 is 0 Å². The molecule has 0 saturated heterocycles. The fraction of sp³-hybridized carbons (Fsp3) is 0. The maximum atomic E-state index is 9.91. The van der Waals surface area contributed by atoms with E-state index in [0.717, 1.165) is 33.8 Å². The van der Waals surface area contributed by atoms with Gasteiger partial charge in [0.15, 0.2) is 0 Å². The van der Waals surface area contributed by atoms with Crippen molar-refractivity contribution in [3.63, 3.8) is 0 Å². The van der Waals surface area contributed by atoms with Crippen LogP contribution in [-0.4, -0.2) is 19.7 Å². The number of nitriles is 1. The third-order valence-corrected chi connectivity index (χ3v) is 5.80. The monoisotopic (exact) mass is 431 g/mol. The highest BCUT2D eigenvalue weighted by atomic mass is 32.1. The number of aromatic nitrogens is 4. The number of rotatable bonds is 5. The van der Waals surface area contributed by atoms with Crippen LogP contribution in [0, 0.1) is 11.3 Å². The summed E-state index contributed by atoms with van der Waals surface area (Å²) in [6.07, 6.45) is 7.29. The fourth-order valence-corrected chi connectivity index (χ4v) is 4.16. The van der Waals surface area contributed by atoms with Crippen molar-refractivity contribution < 1.29 is 0 Å². The summed E-state index contributed by atoms with van der Waals surface area (Å²) in [5.74, 6) is 0. The van der Waals surface area contributed by atoms with Gasteiger partial charge in [0.2, 0.25) is 0 Å². The Balaban J connectivity index is 1.59. The van der Waals surface area contributed by atoms with Gasteiger partial charge in [0.05, 0.1) is 17.0 Å². The van der Waals surface area contributed by atoms with Crippen LogP contribution in [0.5, 0.6) is 0 Å². The predicted octanol–water partition coefficient (Wildman–Crippen LogP) is 6.12. The fourth-order valence-electron chi connectivity index (χ4n) is 3.37. The van der Waals surface area contributed by atoms with Crippen molar-refractivity contribution in [2.45, 2.75) is 0 Å². The molecule has 0 amide bonds. The number of benzene rings is 2. The van der Waals surface area contributed by atoms with Crippen LogP contribution in [0.25, 0.3) is 39.9 Å². The largest absolute Gasteiger partial charge is 0.264 e. The SMILES string of the molecule is N#C/C(=C\c1cn(-c2ccccc2)nc1-c1cccnc1)c1nc(-c2ccccc2)cs1. The van der Waals surface area contributed by atoms with E-state index >= 15 is 0 Å². The Kier molecular flexibility index (Phi) is 5.39. The second kappa shape index (κ2) is 8.80. The first kappa shape index (κ1) is 19.6. The lowest BCUT2D eigenvalue weighted by atomic mass is 10.1. The van der Waals surface area contributed by atoms with Gasteiger partial charge < -0.3 is 0 Å². The van der Waals surface area contributed by atoms with E-state index in [1.54, 1.807) is 12.4 Å². The van der Waals surface area contributed by atoms with E-state index in [0.29, 0.717) is 10.6 Å². The van der Waals surface area contributed by atoms with Gasteiger partial charge in [-0.1, -0.05) is 48.5 Å². The second-order valence-electron chi connectivity index (χ2n) is 7.03. The highest BCUT2D eigenvalue weighted by molar-refractivity contribution is 7.11. The zero-order valence-corrected chi connectivity index (χ0v) is 17.8. The van der Waals surface area contributed by atoms with Gasteiger partial charge >= 0.3 is 0 Å². The molecule has 0 saturated carbocycles. The van der Waals surface area contributed by atoms with Crippen molar-refractivity contribution in [2.24, 2.45) is 0 Å². The molecule has 3 aromatic heterocycles. The molecular weight excluding hydrogens is 414 g/mol. The number of para-hydroxylation sites is 1. The summed E-state index contributed by atoms with van der Waals surface area (Å²) in [5.41, 5.74) is 5.80. The third-order valence-electron chi connectivity index (χ3n) is 4.92. The lowest BCUT2D eigenvalue weighted by Gasteiger charge is -2.00. The van der Waals surface area contributed by atoms with Gasteiger partial charge in [0.1, 0.15) is 16.8 Å². The Hall–Kier alpha value is -4.34. The van der Waals surface area contributed by atoms with Crippen LogP contribution >= 0.6 is 11.3 Å². The Morgan fingerprint density at radius 2 is 1.69 bits per heavy atom. The molecule has 0 aliphatic rings. The first-order valence-electron chi connectivity index (χ1n) is 10.0. The Bertz CT molecular complexity index is 1410. The zero-order chi connectivity index (χ0) is 21.8. The van der Waals surface area contributed by atoms with Crippen LogP contribution in [0.15, 0.2) is 96.8 Å². The molecule has 32 heavy (non-hydrogen) atoms. The van der Waals surface area contributed by atoms with E-state index in [1.165, 1.54) is 11.3 Å². The molecule has 5 aromatic rings. The second-order valence-corrected chi connectivity index (χ2v) is 7.89. The minimum atomic E-state index is 0.495. The van der Waals surface area contributed by atoms with E-state index in [2.05, 4.69) is 11.1 Å². The van der Waals surface area contributed by atoms with Crippen LogP contribution in [0.4, 0.5) is 0 Å². The van der Waals surface area contributed by atoms with Crippen molar-refractivity contribution in [3.8, 4) is 34.3 Å². The van der Waals surface area contributed by atoms with Gasteiger partial charge in [0, 0.05) is 40.7 Å². The number of thiazole rings is 1. The van der Waals surface area contributed by atoms with Crippen LogP contribution in [0.1, 0.15) is 10.6 Å². The molecule has 5 nitrogen and oxygen atoms in total. The van der Waals surface area contributed by atoms with Crippen molar-refractivity contribution in [3.05, 3.63) is 107 Å².